The molecule has 0 atom stereocenters. The van der Waals surface area contributed by atoms with Crippen molar-refractivity contribution in [2.24, 2.45) is 0 Å². The Morgan fingerprint density at radius 3 is 2.62 bits per heavy atom. The van der Waals surface area contributed by atoms with Crippen LogP contribution in [0.25, 0.3) is 0 Å². The van der Waals surface area contributed by atoms with Gasteiger partial charge in [0.25, 0.3) is 0 Å². The van der Waals surface area contributed by atoms with Gasteiger partial charge in [0.05, 0.1) is 6.42 Å². The molecule has 0 bridgehead atoms. The van der Waals surface area contributed by atoms with Crippen LogP contribution in [0.4, 0.5) is 5.69 Å². The van der Waals surface area contributed by atoms with E-state index in [1.807, 2.05) is 41.6 Å². The minimum atomic E-state index is -0.802. The summed E-state index contributed by atoms with van der Waals surface area (Å²) in [6, 6.07) is 7.45. The van der Waals surface area contributed by atoms with Crippen LogP contribution in [-0.4, -0.2) is 24.7 Å². The zero-order chi connectivity index (χ0) is 12.0. The lowest BCUT2D eigenvalue weighted by Crippen LogP contribution is -2.20. The van der Waals surface area contributed by atoms with Gasteiger partial charge in [0, 0.05) is 24.2 Å². The van der Waals surface area contributed by atoms with Crippen LogP contribution in [-0.2, 0) is 4.79 Å². The smallest absolute Gasteiger partial charge is 0.305 e. The van der Waals surface area contributed by atoms with Gasteiger partial charge in [-0.1, -0.05) is 0 Å². The van der Waals surface area contributed by atoms with E-state index in [9.17, 15) is 4.79 Å². The zero-order valence-corrected chi connectivity index (χ0v) is 9.70. The molecule has 1 aromatic carbocycles. The summed E-state index contributed by atoms with van der Waals surface area (Å²) in [6.07, 6.45) is 0.116. The molecule has 4 nitrogen and oxygen atoms in total. The normalized spacial score (nSPS) is 9.50. The summed E-state index contributed by atoms with van der Waals surface area (Å²) in [5.41, 5.74) is 0.948. The summed E-state index contributed by atoms with van der Waals surface area (Å²) < 4.78 is 0. The lowest BCUT2D eigenvalue weighted by atomic mass is 10.3. The molecule has 0 aliphatic heterocycles. The molecular weight excluding hydrogens is 224 g/mol. The Hall–Kier alpha value is -1.67. The SMILES string of the molecule is CN(CCC(=O)O)c1ccc(SC#N)cc1. The molecule has 0 saturated heterocycles. The van der Waals surface area contributed by atoms with Crippen molar-refractivity contribution in [2.45, 2.75) is 11.3 Å². The van der Waals surface area contributed by atoms with E-state index in [0.29, 0.717) is 6.54 Å². The molecule has 0 fully saturated rings. The second-order valence-electron chi connectivity index (χ2n) is 3.25. The third kappa shape index (κ3) is 3.83. The summed E-state index contributed by atoms with van der Waals surface area (Å²) >= 11 is 1.11. The van der Waals surface area contributed by atoms with E-state index in [4.69, 9.17) is 10.4 Å². The third-order valence-corrected chi connectivity index (χ3v) is 2.70. The quantitative estimate of drug-likeness (QED) is 0.627. The van der Waals surface area contributed by atoms with Gasteiger partial charge in [-0.05, 0) is 36.0 Å². The number of nitrogens with zero attached hydrogens (tertiary/aromatic N) is 2. The third-order valence-electron chi connectivity index (χ3n) is 2.10. The first-order valence-corrected chi connectivity index (χ1v) is 5.54. The van der Waals surface area contributed by atoms with Crippen molar-refractivity contribution in [3.05, 3.63) is 24.3 Å². The molecule has 0 saturated carbocycles. The predicted octanol–water partition coefficient (Wildman–Crippen LogP) is 2.17. The molecule has 1 N–H and O–H groups in total. The van der Waals surface area contributed by atoms with Crippen LogP contribution < -0.4 is 4.90 Å². The minimum absolute atomic E-state index is 0.116. The molecule has 0 amide bonds. The highest BCUT2D eigenvalue weighted by Gasteiger charge is 2.03. The van der Waals surface area contributed by atoms with Crippen LogP contribution >= 0.6 is 11.8 Å². The van der Waals surface area contributed by atoms with Gasteiger partial charge >= 0.3 is 5.97 Å². The number of carboxylic acids is 1. The fourth-order valence-corrected chi connectivity index (χ4v) is 1.59. The van der Waals surface area contributed by atoms with Crippen molar-refractivity contribution >= 4 is 23.4 Å². The average molecular weight is 236 g/mol. The maximum atomic E-state index is 10.4. The van der Waals surface area contributed by atoms with Crippen LogP contribution in [0.5, 0.6) is 0 Å². The molecule has 1 aromatic rings. The van der Waals surface area contributed by atoms with Gasteiger partial charge < -0.3 is 10.0 Å². The van der Waals surface area contributed by atoms with E-state index in [1.165, 1.54) is 0 Å². The van der Waals surface area contributed by atoms with Crippen LogP contribution in [0.1, 0.15) is 6.42 Å². The molecule has 0 aliphatic carbocycles. The maximum Gasteiger partial charge on any atom is 0.305 e. The number of carbonyl (C=O) groups is 1. The van der Waals surface area contributed by atoms with Crippen LogP contribution in [0.3, 0.4) is 0 Å². The van der Waals surface area contributed by atoms with Crippen molar-refractivity contribution in [3.8, 4) is 5.40 Å². The maximum absolute atomic E-state index is 10.4. The van der Waals surface area contributed by atoms with Crippen LogP contribution in [0.2, 0.25) is 0 Å². The van der Waals surface area contributed by atoms with Gasteiger partial charge in [0.1, 0.15) is 5.40 Å². The number of benzene rings is 1. The van der Waals surface area contributed by atoms with E-state index < -0.39 is 5.97 Å². The first-order chi connectivity index (χ1) is 7.63. The van der Waals surface area contributed by atoms with Crippen molar-refractivity contribution in [1.82, 2.24) is 0 Å². The van der Waals surface area contributed by atoms with E-state index >= 15 is 0 Å². The Labute approximate surface area is 98.5 Å². The molecule has 1 rings (SSSR count). The highest BCUT2D eigenvalue weighted by molar-refractivity contribution is 8.03. The molecular formula is C11H12N2O2S. The average Bonchev–Trinajstić information content (AvgIpc) is 2.27. The number of hydrogen-bond acceptors (Lipinski definition) is 4. The van der Waals surface area contributed by atoms with Crippen molar-refractivity contribution < 1.29 is 9.90 Å². The minimum Gasteiger partial charge on any atom is -0.481 e. The molecule has 0 heterocycles. The summed E-state index contributed by atoms with van der Waals surface area (Å²) in [5.74, 6) is -0.802. The van der Waals surface area contributed by atoms with Crippen molar-refractivity contribution in [2.75, 3.05) is 18.5 Å². The topological polar surface area (TPSA) is 64.3 Å². The van der Waals surface area contributed by atoms with E-state index in [1.54, 1.807) is 0 Å². The zero-order valence-electron chi connectivity index (χ0n) is 8.88. The van der Waals surface area contributed by atoms with E-state index in [0.717, 1.165) is 22.3 Å². The summed E-state index contributed by atoms with van der Waals surface area (Å²) in [7, 11) is 1.84. The molecule has 0 radical (unpaired) electrons. The standard InChI is InChI=1S/C11H12N2O2S/c1-13(7-6-11(14)15)9-2-4-10(5-3-9)16-8-12/h2-5H,6-7H2,1H3,(H,14,15). The van der Waals surface area contributed by atoms with E-state index in [2.05, 4.69) is 0 Å². The monoisotopic (exact) mass is 236 g/mol. The Balaban J connectivity index is 2.59. The number of anilines is 1. The fourth-order valence-electron chi connectivity index (χ4n) is 1.21. The lowest BCUT2D eigenvalue weighted by molar-refractivity contribution is -0.136. The Kier molecular flexibility index (Phi) is 4.67. The van der Waals surface area contributed by atoms with Gasteiger partial charge in [-0.15, -0.1) is 0 Å². The highest BCUT2D eigenvalue weighted by Crippen LogP contribution is 2.20. The summed E-state index contributed by atoms with van der Waals surface area (Å²) in [5, 5.41) is 19.0. The van der Waals surface area contributed by atoms with Crippen LogP contribution in [0, 0.1) is 10.7 Å². The number of rotatable bonds is 5. The number of nitriles is 1. The van der Waals surface area contributed by atoms with Gasteiger partial charge in [0.15, 0.2) is 0 Å². The molecule has 0 aromatic heterocycles. The Morgan fingerprint density at radius 2 is 2.12 bits per heavy atom. The van der Waals surface area contributed by atoms with Crippen molar-refractivity contribution in [3.63, 3.8) is 0 Å². The lowest BCUT2D eigenvalue weighted by Gasteiger charge is -2.18. The number of hydrogen-bond donors (Lipinski definition) is 1. The first-order valence-electron chi connectivity index (χ1n) is 4.72. The summed E-state index contributed by atoms with van der Waals surface area (Å²) in [4.78, 5) is 13.2. The number of carboxylic acid groups (broad SMARTS) is 1. The second kappa shape index (κ2) is 6.03. The predicted molar refractivity (Wildman–Crippen MR) is 63.4 cm³/mol. The van der Waals surface area contributed by atoms with Crippen molar-refractivity contribution in [1.29, 1.82) is 5.26 Å². The highest BCUT2D eigenvalue weighted by atomic mass is 32.2. The first kappa shape index (κ1) is 12.4. The van der Waals surface area contributed by atoms with Gasteiger partial charge in [-0.25, -0.2) is 0 Å². The molecule has 84 valence electrons. The molecule has 16 heavy (non-hydrogen) atoms. The Morgan fingerprint density at radius 1 is 1.50 bits per heavy atom. The van der Waals surface area contributed by atoms with Gasteiger partial charge in [-0.3, -0.25) is 4.79 Å². The Bertz CT molecular complexity index is 397. The summed E-state index contributed by atoms with van der Waals surface area (Å²) in [6.45, 7) is 0.472. The second-order valence-corrected chi connectivity index (χ2v) is 4.11. The fraction of sp³-hybridized carbons (Fsp3) is 0.273. The van der Waals surface area contributed by atoms with Gasteiger partial charge in [0.2, 0.25) is 0 Å². The number of thiocyanates is 1. The van der Waals surface area contributed by atoms with Crippen LogP contribution in [0.15, 0.2) is 29.2 Å². The molecule has 5 heteroatoms. The molecule has 0 spiro atoms. The number of thioether (sulfide) groups is 1. The molecule has 0 unspecified atom stereocenters. The number of aliphatic carboxylic acids is 1. The van der Waals surface area contributed by atoms with Gasteiger partial charge in [-0.2, -0.15) is 5.26 Å². The largest absolute Gasteiger partial charge is 0.481 e. The molecule has 0 aliphatic rings. The van der Waals surface area contributed by atoms with E-state index in [-0.39, 0.29) is 6.42 Å².